The molecular formula is C16H24N2O3. The number of hydrogen-bond acceptors (Lipinski definition) is 4. The highest BCUT2D eigenvalue weighted by atomic mass is 16.6. The average molecular weight is 292 g/mol. The van der Waals surface area contributed by atoms with Crippen LogP contribution in [0.25, 0.3) is 0 Å². The van der Waals surface area contributed by atoms with Gasteiger partial charge in [-0.15, -0.1) is 0 Å². The van der Waals surface area contributed by atoms with Crippen LogP contribution in [0.4, 0.5) is 4.79 Å². The Bertz CT molecular complexity index is 438. The van der Waals surface area contributed by atoms with E-state index in [2.05, 4.69) is 0 Å². The quantitative estimate of drug-likeness (QED) is 0.867. The molecule has 0 radical (unpaired) electrons. The summed E-state index contributed by atoms with van der Waals surface area (Å²) < 4.78 is 5.35. The highest BCUT2D eigenvalue weighted by Gasteiger charge is 2.28. The molecule has 1 aliphatic heterocycles. The maximum Gasteiger partial charge on any atom is 0.410 e. The van der Waals surface area contributed by atoms with Crippen LogP contribution in [0.5, 0.6) is 0 Å². The van der Waals surface area contributed by atoms with Gasteiger partial charge in [0.15, 0.2) is 0 Å². The van der Waals surface area contributed by atoms with Crippen LogP contribution in [0.2, 0.25) is 0 Å². The maximum atomic E-state index is 12.1. The van der Waals surface area contributed by atoms with Crippen LogP contribution in [-0.2, 0) is 11.3 Å². The minimum Gasteiger partial charge on any atom is -0.445 e. The Morgan fingerprint density at radius 2 is 2.19 bits per heavy atom. The van der Waals surface area contributed by atoms with E-state index in [0.717, 1.165) is 24.9 Å². The predicted octanol–water partition coefficient (Wildman–Crippen LogP) is 1.74. The number of ether oxygens (including phenoxy) is 1. The standard InChI is InChI=1S/C16H24N2O3/c17-15(8-10-19)14-7-4-9-18(11-14)16(20)21-12-13-5-2-1-3-6-13/h1-3,5-6,14-15,19H,4,7-12,17H2/t14-,15-/m0/s1. The van der Waals surface area contributed by atoms with Crippen molar-refractivity contribution in [2.24, 2.45) is 11.7 Å². The Hall–Kier alpha value is -1.59. The van der Waals surface area contributed by atoms with Crippen LogP contribution in [-0.4, -0.2) is 41.8 Å². The molecule has 0 bridgehead atoms. The summed E-state index contributed by atoms with van der Waals surface area (Å²) in [6.07, 6.45) is 2.24. The summed E-state index contributed by atoms with van der Waals surface area (Å²) >= 11 is 0. The molecule has 1 aromatic rings. The van der Waals surface area contributed by atoms with Gasteiger partial charge in [-0.3, -0.25) is 0 Å². The second-order valence-electron chi connectivity index (χ2n) is 5.56. The molecule has 0 saturated carbocycles. The van der Waals surface area contributed by atoms with Crippen molar-refractivity contribution in [1.29, 1.82) is 0 Å². The van der Waals surface area contributed by atoms with Gasteiger partial charge >= 0.3 is 6.09 Å². The van der Waals surface area contributed by atoms with Gasteiger partial charge < -0.3 is 20.5 Å². The monoisotopic (exact) mass is 292 g/mol. The van der Waals surface area contributed by atoms with Gasteiger partial charge in [-0.1, -0.05) is 30.3 Å². The molecule has 116 valence electrons. The van der Waals surface area contributed by atoms with E-state index in [1.165, 1.54) is 0 Å². The molecule has 0 aromatic heterocycles. The molecule has 5 nitrogen and oxygen atoms in total. The van der Waals surface area contributed by atoms with Gasteiger partial charge in [-0.25, -0.2) is 4.79 Å². The fourth-order valence-corrected chi connectivity index (χ4v) is 2.72. The van der Waals surface area contributed by atoms with Gasteiger partial charge in [0.25, 0.3) is 0 Å². The number of aliphatic hydroxyl groups excluding tert-OH is 1. The van der Waals surface area contributed by atoms with Crippen molar-refractivity contribution in [2.75, 3.05) is 19.7 Å². The molecule has 1 saturated heterocycles. The van der Waals surface area contributed by atoms with Crippen LogP contribution < -0.4 is 5.73 Å². The topological polar surface area (TPSA) is 75.8 Å². The second kappa shape index (κ2) is 8.00. The van der Waals surface area contributed by atoms with Gasteiger partial charge in [0, 0.05) is 25.7 Å². The summed E-state index contributed by atoms with van der Waals surface area (Å²) in [4.78, 5) is 13.8. The van der Waals surface area contributed by atoms with Crippen LogP contribution >= 0.6 is 0 Å². The number of hydrogen-bond donors (Lipinski definition) is 2. The minimum absolute atomic E-state index is 0.0558. The number of rotatable bonds is 5. The van der Waals surface area contributed by atoms with Crippen molar-refractivity contribution in [1.82, 2.24) is 4.90 Å². The molecule has 21 heavy (non-hydrogen) atoms. The van der Waals surface area contributed by atoms with Crippen molar-refractivity contribution in [3.8, 4) is 0 Å². The lowest BCUT2D eigenvalue weighted by molar-refractivity contribution is 0.0741. The Kier molecular flexibility index (Phi) is 6.02. The highest BCUT2D eigenvalue weighted by Crippen LogP contribution is 2.21. The summed E-state index contributed by atoms with van der Waals surface area (Å²) in [5, 5.41) is 8.97. The zero-order chi connectivity index (χ0) is 15.1. The Balaban J connectivity index is 1.81. The number of carbonyl (C=O) groups is 1. The van der Waals surface area contributed by atoms with E-state index in [0.29, 0.717) is 19.6 Å². The van der Waals surface area contributed by atoms with E-state index in [-0.39, 0.29) is 24.7 Å². The summed E-state index contributed by atoms with van der Waals surface area (Å²) in [7, 11) is 0. The normalized spacial score (nSPS) is 20.1. The molecule has 1 fully saturated rings. The zero-order valence-electron chi connectivity index (χ0n) is 12.3. The number of piperidine rings is 1. The van der Waals surface area contributed by atoms with Gasteiger partial charge in [-0.05, 0) is 30.7 Å². The van der Waals surface area contributed by atoms with E-state index in [4.69, 9.17) is 15.6 Å². The van der Waals surface area contributed by atoms with Crippen molar-refractivity contribution in [3.05, 3.63) is 35.9 Å². The Morgan fingerprint density at radius 3 is 2.90 bits per heavy atom. The van der Waals surface area contributed by atoms with E-state index >= 15 is 0 Å². The third-order valence-corrected chi connectivity index (χ3v) is 3.99. The average Bonchev–Trinajstić information content (AvgIpc) is 2.54. The van der Waals surface area contributed by atoms with Crippen LogP contribution in [0.3, 0.4) is 0 Å². The maximum absolute atomic E-state index is 12.1. The van der Waals surface area contributed by atoms with E-state index < -0.39 is 0 Å². The molecule has 2 rings (SSSR count). The van der Waals surface area contributed by atoms with Gasteiger partial charge in [-0.2, -0.15) is 0 Å². The lowest BCUT2D eigenvalue weighted by Crippen LogP contribution is -2.46. The van der Waals surface area contributed by atoms with Gasteiger partial charge in [0.1, 0.15) is 6.61 Å². The summed E-state index contributed by atoms with van der Waals surface area (Å²) in [5.74, 6) is 0.246. The first kappa shape index (κ1) is 15.8. The Morgan fingerprint density at radius 1 is 1.43 bits per heavy atom. The molecule has 1 heterocycles. The van der Waals surface area contributed by atoms with Crippen molar-refractivity contribution in [3.63, 3.8) is 0 Å². The number of nitrogens with zero attached hydrogens (tertiary/aromatic N) is 1. The van der Waals surface area contributed by atoms with Crippen molar-refractivity contribution >= 4 is 6.09 Å². The summed E-state index contributed by atoms with van der Waals surface area (Å²) in [6, 6.07) is 9.59. The molecule has 1 aromatic carbocycles. The third-order valence-electron chi connectivity index (χ3n) is 3.99. The third kappa shape index (κ3) is 4.72. The Labute approximate surface area is 125 Å². The second-order valence-corrected chi connectivity index (χ2v) is 5.56. The molecule has 2 atom stereocenters. The van der Waals surface area contributed by atoms with Crippen LogP contribution in [0.1, 0.15) is 24.8 Å². The number of aliphatic hydroxyl groups is 1. The van der Waals surface area contributed by atoms with Crippen LogP contribution in [0.15, 0.2) is 30.3 Å². The molecule has 0 unspecified atom stereocenters. The van der Waals surface area contributed by atoms with E-state index in [1.54, 1.807) is 4.90 Å². The van der Waals surface area contributed by atoms with Crippen molar-refractivity contribution < 1.29 is 14.6 Å². The molecular weight excluding hydrogens is 268 g/mol. The largest absolute Gasteiger partial charge is 0.445 e. The molecule has 5 heteroatoms. The number of amides is 1. The number of benzene rings is 1. The molecule has 0 spiro atoms. The first-order valence-corrected chi connectivity index (χ1v) is 7.52. The number of nitrogens with two attached hydrogens (primary N) is 1. The highest BCUT2D eigenvalue weighted by molar-refractivity contribution is 5.67. The molecule has 1 aliphatic rings. The fourth-order valence-electron chi connectivity index (χ4n) is 2.72. The zero-order valence-corrected chi connectivity index (χ0v) is 12.3. The van der Waals surface area contributed by atoms with E-state index in [1.807, 2.05) is 30.3 Å². The lowest BCUT2D eigenvalue weighted by atomic mass is 9.90. The molecule has 3 N–H and O–H groups in total. The summed E-state index contributed by atoms with van der Waals surface area (Å²) in [6.45, 7) is 1.73. The fraction of sp³-hybridized carbons (Fsp3) is 0.562. The first-order chi connectivity index (χ1) is 10.2. The SMILES string of the molecule is N[C@@H](CCO)[C@H]1CCCN(C(=O)OCc2ccccc2)C1. The van der Waals surface area contributed by atoms with Crippen molar-refractivity contribution in [2.45, 2.75) is 31.9 Å². The number of carbonyl (C=O) groups excluding carboxylic acids is 1. The first-order valence-electron chi connectivity index (χ1n) is 7.52. The lowest BCUT2D eigenvalue weighted by Gasteiger charge is -2.34. The van der Waals surface area contributed by atoms with E-state index in [9.17, 15) is 4.79 Å². The molecule has 1 amide bonds. The van der Waals surface area contributed by atoms with Crippen LogP contribution in [0, 0.1) is 5.92 Å². The van der Waals surface area contributed by atoms with Gasteiger partial charge in [0.2, 0.25) is 0 Å². The smallest absolute Gasteiger partial charge is 0.410 e. The number of likely N-dealkylation sites (tertiary alicyclic amines) is 1. The van der Waals surface area contributed by atoms with Gasteiger partial charge in [0.05, 0.1) is 0 Å². The predicted molar refractivity (Wildman–Crippen MR) is 80.6 cm³/mol. The summed E-state index contributed by atoms with van der Waals surface area (Å²) in [5.41, 5.74) is 7.03. The molecule has 0 aliphatic carbocycles. The minimum atomic E-state index is -0.278.